The maximum atomic E-state index is 14.1. The number of benzene rings is 3. The Morgan fingerprint density at radius 2 is 0.786 bits per heavy atom. The van der Waals surface area contributed by atoms with Gasteiger partial charge < -0.3 is 60.1 Å². The van der Waals surface area contributed by atoms with Crippen LogP contribution in [-0.4, -0.2) is 148 Å². The smallest absolute Gasteiger partial charge is 0.235 e. The third-order valence-corrected chi connectivity index (χ3v) is 19.9. The first-order chi connectivity index (χ1) is 55.9. The molecule has 604 valence electrons. The molecule has 3 amide bonds. The minimum absolute atomic E-state index is 0.0100. The summed E-state index contributed by atoms with van der Waals surface area (Å²) in [5.41, 5.74) is 3.50. The zero-order valence-electron chi connectivity index (χ0n) is 64.0. The van der Waals surface area contributed by atoms with Crippen LogP contribution in [0, 0.1) is 59.4 Å². The quantitative estimate of drug-likeness (QED) is 0.0238. The molecule has 0 saturated carbocycles. The van der Waals surface area contributed by atoms with Crippen molar-refractivity contribution in [3.8, 4) is 63.6 Å². The van der Waals surface area contributed by atoms with E-state index in [1.54, 1.807) is 122 Å². The van der Waals surface area contributed by atoms with Gasteiger partial charge in [-0.1, -0.05) is 18.2 Å². The summed E-state index contributed by atoms with van der Waals surface area (Å²) in [6.07, 6.45) is 11.8. The average molecular weight is 1720 g/mol. The van der Waals surface area contributed by atoms with Crippen molar-refractivity contribution in [2.24, 2.45) is 9.98 Å². The number of hydrogen-bond acceptors (Lipinski definition) is 23. The van der Waals surface area contributed by atoms with E-state index in [0.29, 0.717) is 125 Å². The number of amides is 3. The number of carbonyl (C=O) groups excluding carboxylic acids is 3. The lowest BCUT2D eigenvalue weighted by molar-refractivity contribution is -0.120. The molecule has 9 aromatic heterocycles. The Kier molecular flexibility index (Phi) is 23.8. The number of ether oxygens (including phenoxy) is 5. The minimum atomic E-state index is -0.920. The maximum absolute atomic E-state index is 14.1. The van der Waals surface area contributed by atoms with Crippen molar-refractivity contribution in [2.75, 3.05) is 55.5 Å². The molecule has 0 radical (unpaired) electrons. The third-order valence-electron chi connectivity index (χ3n) is 19.1. The summed E-state index contributed by atoms with van der Waals surface area (Å²) in [4.78, 5) is 87.1. The van der Waals surface area contributed by atoms with E-state index in [4.69, 9.17) is 44.0 Å². The summed E-state index contributed by atoms with van der Waals surface area (Å²) in [6.45, 7) is 15.8. The lowest BCUT2D eigenvalue weighted by Gasteiger charge is -2.18. The van der Waals surface area contributed by atoms with E-state index in [0.717, 1.165) is 5.56 Å². The number of nitrogens with one attached hydrogen (secondary N) is 3. The van der Waals surface area contributed by atoms with Crippen molar-refractivity contribution < 1.29 is 84.8 Å². The summed E-state index contributed by atoms with van der Waals surface area (Å²) in [5, 5.41) is 41.4. The number of carbonyl (C=O) groups is 3. The van der Waals surface area contributed by atoms with Gasteiger partial charge in [-0.2, -0.15) is 9.97 Å². The normalized spacial score (nSPS) is 14.6. The molecule has 0 saturated heterocycles. The number of allylic oxidation sites excluding steroid dienone is 2. The largest absolute Gasteiger partial charge is 0.507 e. The Hall–Kier alpha value is -12.8. The Morgan fingerprint density at radius 1 is 0.436 bits per heavy atom. The van der Waals surface area contributed by atoms with Gasteiger partial charge in [0, 0.05) is 24.2 Å². The van der Waals surface area contributed by atoms with Crippen LogP contribution in [0.25, 0.3) is 51.5 Å². The Labute approximate surface area is 676 Å². The lowest BCUT2D eigenvalue weighted by atomic mass is 9.87. The van der Waals surface area contributed by atoms with Gasteiger partial charge in [-0.25, -0.2) is 61.2 Å². The zero-order chi connectivity index (χ0) is 83.5. The lowest BCUT2D eigenvalue weighted by Crippen LogP contribution is -2.27. The summed E-state index contributed by atoms with van der Waals surface area (Å²) in [7, 11) is 0. The van der Waals surface area contributed by atoms with Crippen LogP contribution in [0.5, 0.6) is 29.0 Å². The molecule has 117 heavy (non-hydrogen) atoms. The van der Waals surface area contributed by atoms with Crippen molar-refractivity contribution in [3.63, 3.8) is 0 Å². The fourth-order valence-electron chi connectivity index (χ4n) is 13.0. The van der Waals surface area contributed by atoms with Gasteiger partial charge in [0.1, 0.15) is 111 Å². The second-order valence-electron chi connectivity index (χ2n) is 28.1. The number of aliphatic hydroxyl groups excluding tert-OH is 4. The van der Waals surface area contributed by atoms with Crippen LogP contribution in [0.1, 0.15) is 92.0 Å². The molecular weight excluding hydrogens is 1640 g/mol. The Morgan fingerprint density at radius 3 is 1.13 bits per heavy atom. The van der Waals surface area contributed by atoms with Crippen molar-refractivity contribution in [1.29, 1.82) is 0 Å². The molecule has 7 N–H and O–H groups in total. The number of nitrogens with zero attached hydrogens (tertiary/aromatic N) is 14. The van der Waals surface area contributed by atoms with Gasteiger partial charge in [-0.3, -0.25) is 37.6 Å². The highest BCUT2D eigenvalue weighted by atomic mass is 127. The van der Waals surface area contributed by atoms with Crippen molar-refractivity contribution in [1.82, 2.24) is 58.1 Å². The average Bonchev–Trinajstić information content (AvgIpc) is 1.60. The number of halogens is 7. The SMILES string of the molecule is Cc1nc2c(OCc3c(F)cccc3F)cccn2c1-c1nc(I)c2c(n1)NC(=O)C2(C)C.Cc1nc2c(OCc3c(F)cccc3F)cccn2c1-c1nc2c(c(OC3=CCN=C3)n1)C(C)(C)C(=O)N2.Cc1nc2c(OCc3c(F)cccc3F)cccn2c1-c1nc2c(c(OCCO)n1)C(C)(C)C(=O)N2.OC1=CCN=C1.OCCO. The van der Waals surface area contributed by atoms with E-state index in [9.17, 15) is 45.8 Å². The molecule has 5 aliphatic rings. The minimum Gasteiger partial charge on any atom is -0.507 e. The number of hydrogen-bond donors (Lipinski definition) is 7. The summed E-state index contributed by atoms with van der Waals surface area (Å²) in [5.74, 6) is -0.428. The molecule has 14 heterocycles. The van der Waals surface area contributed by atoms with E-state index in [1.165, 1.54) is 60.8 Å². The number of anilines is 3. The molecule has 0 bridgehead atoms. The number of imidazole rings is 3. The summed E-state index contributed by atoms with van der Waals surface area (Å²) in [6, 6.07) is 21.1. The van der Waals surface area contributed by atoms with E-state index >= 15 is 0 Å². The highest BCUT2D eigenvalue weighted by Crippen LogP contribution is 2.46. The molecule has 0 atom stereocenters. The number of aliphatic hydroxyl groups is 4. The Balaban J connectivity index is 0.000000144. The molecule has 17 rings (SSSR count). The maximum Gasteiger partial charge on any atom is 0.235 e. The highest BCUT2D eigenvalue weighted by molar-refractivity contribution is 14.1. The van der Waals surface area contributed by atoms with E-state index in [1.807, 2.05) is 26.8 Å². The topological polar surface area (TPSA) is 368 Å². The van der Waals surface area contributed by atoms with Gasteiger partial charge in [0.15, 0.2) is 51.7 Å². The number of aromatic nitrogens is 12. The second-order valence-corrected chi connectivity index (χ2v) is 29.1. The zero-order valence-corrected chi connectivity index (χ0v) is 66.2. The van der Waals surface area contributed by atoms with Gasteiger partial charge in [0.2, 0.25) is 29.5 Å². The standard InChI is InChI=1S/C27H22F2N6O3.C25H23F2N5O4.C23H18F2IN5O2.C4H5NO.C2H6O2/c1-14-21(35-11-5-8-19(24(35)31-14)37-13-16-17(28)6-4-7-18(16)29)23-32-22-20(27(2,3)26(36)34-22)25(33-23)38-15-9-10-30-12-15;1-13-19(21-29-20-18(23(30-21)35-11-10-33)25(2,3)24(34)31-20)32-9-5-8-17(22(32)28-13)36-12-14-15(26)6-4-7-16(14)27;1-11-17(20-28-18(26)16-19(29-20)30-22(32)23(16,2)3)31-9-5-8-15(21(31)27-11)33-10-12-13(24)6-4-7-14(12)25;6-4-1-2-5-3-4;3-1-2-4/h4-9,11-12H,10,13H2,1-3H3,(H,32,33,34,36);4-9,33H,10-12H2,1-3H3,(H,29,30,31,34);4-9H,10H2,1-3H3,(H,28,29,30,32);1,3,6H,2H2;3-4H,1-2H2. The van der Waals surface area contributed by atoms with E-state index < -0.39 is 51.1 Å². The molecule has 0 spiro atoms. The predicted molar refractivity (Wildman–Crippen MR) is 426 cm³/mol. The van der Waals surface area contributed by atoms with E-state index in [2.05, 4.69) is 88.4 Å². The molecule has 0 aliphatic carbocycles. The van der Waals surface area contributed by atoms with Gasteiger partial charge >= 0.3 is 0 Å². The summed E-state index contributed by atoms with van der Waals surface area (Å²) < 4.78 is 119. The summed E-state index contributed by atoms with van der Waals surface area (Å²) >= 11 is 2.11. The monoisotopic (exact) mass is 1720 g/mol. The first kappa shape index (κ1) is 82.2. The molecule has 5 aliphatic heterocycles. The Bertz CT molecular complexity index is 6000. The van der Waals surface area contributed by atoms with Crippen LogP contribution in [-0.2, 0) is 50.4 Å². The fraction of sp³-hybridized carbons (Fsp3) is 0.259. The molecule has 12 aromatic rings. The number of aryl methyl sites for hydroxylation is 3. The number of rotatable bonds is 18. The van der Waals surface area contributed by atoms with Crippen LogP contribution < -0.4 is 39.6 Å². The van der Waals surface area contributed by atoms with Gasteiger partial charge in [0.25, 0.3) is 0 Å². The molecule has 0 unspecified atom stereocenters. The molecule has 0 fully saturated rings. The van der Waals surface area contributed by atoms with Crippen LogP contribution in [0.3, 0.4) is 0 Å². The van der Waals surface area contributed by atoms with E-state index in [-0.39, 0.29) is 110 Å². The first-order valence-corrected chi connectivity index (χ1v) is 37.2. The number of aliphatic imine (C=N–C) groups is 2. The van der Waals surface area contributed by atoms with Crippen LogP contribution in [0.4, 0.5) is 43.8 Å². The second kappa shape index (κ2) is 33.9. The third kappa shape index (κ3) is 16.5. The molecule has 36 heteroatoms. The van der Waals surface area contributed by atoms with Crippen molar-refractivity contribution >= 4 is 87.1 Å². The highest BCUT2D eigenvalue weighted by Gasteiger charge is 2.46. The van der Waals surface area contributed by atoms with Crippen LogP contribution in [0.2, 0.25) is 0 Å². The molecule has 29 nitrogen and oxygen atoms in total. The van der Waals surface area contributed by atoms with Crippen molar-refractivity contribution in [3.05, 3.63) is 222 Å². The fourth-order valence-corrected chi connectivity index (χ4v) is 14.1. The van der Waals surface area contributed by atoms with Crippen LogP contribution in [0.15, 0.2) is 143 Å². The van der Waals surface area contributed by atoms with Gasteiger partial charge in [-0.05, 0) is 170 Å². The van der Waals surface area contributed by atoms with Gasteiger partial charge in [0.05, 0.1) is 106 Å². The number of fused-ring (bicyclic) bond motifs is 6. The predicted octanol–water partition coefficient (Wildman–Crippen LogP) is 12.4. The van der Waals surface area contributed by atoms with Gasteiger partial charge in [-0.15, -0.1) is 0 Å². The van der Waals surface area contributed by atoms with Crippen molar-refractivity contribution in [2.45, 2.75) is 98.4 Å². The number of pyridine rings is 3. The molecular formula is C81H74F6IN17O12. The molecule has 3 aromatic carbocycles. The first-order valence-electron chi connectivity index (χ1n) is 36.2. The van der Waals surface area contributed by atoms with Crippen LogP contribution >= 0.6 is 22.6 Å².